The fourth-order valence-corrected chi connectivity index (χ4v) is 2.76. The number of nitrogens with one attached hydrogen (secondary N) is 2. The lowest BCUT2D eigenvalue weighted by atomic mass is 10.2. The van der Waals surface area contributed by atoms with E-state index >= 15 is 0 Å². The maximum Gasteiger partial charge on any atom is 0.250 e. The maximum absolute atomic E-state index is 13.2. The summed E-state index contributed by atoms with van der Waals surface area (Å²) in [7, 11) is 0. The van der Waals surface area contributed by atoms with Crippen molar-refractivity contribution in [2.24, 2.45) is 5.10 Å². The number of phenols is 1. The van der Waals surface area contributed by atoms with Crippen molar-refractivity contribution in [2.45, 2.75) is 0 Å². The zero-order chi connectivity index (χ0) is 20.8. The van der Waals surface area contributed by atoms with Crippen molar-refractivity contribution in [3.63, 3.8) is 0 Å². The zero-order valence-electron chi connectivity index (χ0n) is 16.4. The summed E-state index contributed by atoms with van der Waals surface area (Å²) in [5.41, 5.74) is 4.26. The number of morpholine rings is 1. The lowest BCUT2D eigenvalue weighted by Gasteiger charge is -2.27. The third kappa shape index (κ3) is 6.24. The van der Waals surface area contributed by atoms with E-state index in [0.29, 0.717) is 43.9 Å². The molecule has 3 N–H and O–H groups in total. The smallest absolute Gasteiger partial charge is 0.250 e. The molecule has 1 aliphatic rings. The summed E-state index contributed by atoms with van der Waals surface area (Å²) in [5, 5.41) is 16.6. The van der Waals surface area contributed by atoms with Crippen LogP contribution in [0.25, 0.3) is 0 Å². The summed E-state index contributed by atoms with van der Waals surface area (Å²) in [6, 6.07) is 12.5. The van der Waals surface area contributed by atoms with Crippen molar-refractivity contribution in [2.75, 3.05) is 41.9 Å². The van der Waals surface area contributed by atoms with E-state index in [-0.39, 0.29) is 29.9 Å². The van der Waals surface area contributed by atoms with E-state index in [0.717, 1.165) is 5.56 Å². The standard InChI is InChI=1S/C20H20FN7O2.ClH/c21-15-3-5-16(6-4-15)23-18-24-19(26-20(25-18)28-9-11-30-12-10-28)27-22-13-14-1-7-17(29)8-2-14;/h1-8,13,29H,9-12H2,(H2,23,24,25,26,27);1H/b22-13+;. The molecule has 11 heteroatoms. The summed E-state index contributed by atoms with van der Waals surface area (Å²) in [4.78, 5) is 15.3. The van der Waals surface area contributed by atoms with Gasteiger partial charge in [-0.25, -0.2) is 9.82 Å². The number of aromatic hydroxyl groups is 1. The first-order chi connectivity index (χ1) is 14.7. The minimum atomic E-state index is -0.323. The van der Waals surface area contributed by atoms with Crippen LogP contribution in [-0.2, 0) is 4.74 Å². The summed E-state index contributed by atoms with van der Waals surface area (Å²) in [6.45, 7) is 2.51. The number of anilines is 4. The number of nitrogens with zero attached hydrogens (tertiary/aromatic N) is 5. The molecule has 0 atom stereocenters. The Morgan fingerprint density at radius 3 is 2.35 bits per heavy atom. The molecule has 3 aromatic rings. The predicted octanol–water partition coefficient (Wildman–Crippen LogP) is 3.16. The Morgan fingerprint density at radius 1 is 0.968 bits per heavy atom. The highest BCUT2D eigenvalue weighted by molar-refractivity contribution is 5.85. The van der Waals surface area contributed by atoms with E-state index in [2.05, 4.69) is 30.8 Å². The van der Waals surface area contributed by atoms with Crippen molar-refractivity contribution in [3.8, 4) is 5.75 Å². The van der Waals surface area contributed by atoms with E-state index in [1.807, 2.05) is 4.90 Å². The molecule has 1 aromatic heterocycles. The van der Waals surface area contributed by atoms with Crippen molar-refractivity contribution in [1.29, 1.82) is 0 Å². The molecular formula is C20H21ClFN7O2. The van der Waals surface area contributed by atoms with E-state index in [1.54, 1.807) is 42.6 Å². The van der Waals surface area contributed by atoms with Gasteiger partial charge in [0.25, 0.3) is 0 Å². The minimum Gasteiger partial charge on any atom is -0.508 e. The quantitative estimate of drug-likeness (QED) is 0.392. The second kappa shape index (κ2) is 10.5. The van der Waals surface area contributed by atoms with Crippen molar-refractivity contribution < 1.29 is 14.2 Å². The van der Waals surface area contributed by atoms with E-state index in [9.17, 15) is 9.50 Å². The molecule has 1 saturated heterocycles. The van der Waals surface area contributed by atoms with Crippen LogP contribution in [0.15, 0.2) is 53.6 Å². The Kier molecular flexibility index (Phi) is 7.52. The second-order valence-electron chi connectivity index (χ2n) is 6.48. The average Bonchev–Trinajstić information content (AvgIpc) is 2.77. The molecule has 0 bridgehead atoms. The number of hydrogen-bond acceptors (Lipinski definition) is 9. The Morgan fingerprint density at radius 2 is 1.65 bits per heavy atom. The van der Waals surface area contributed by atoms with Gasteiger partial charge in [-0.3, -0.25) is 0 Å². The monoisotopic (exact) mass is 445 g/mol. The van der Waals surface area contributed by atoms with E-state index in [1.165, 1.54) is 12.1 Å². The number of halogens is 2. The SMILES string of the molecule is Cl.Oc1ccc(/C=N/Nc2nc(Nc3ccc(F)cc3)nc(N3CCOCC3)n2)cc1. The van der Waals surface area contributed by atoms with Crippen LogP contribution in [-0.4, -0.2) is 52.6 Å². The molecule has 9 nitrogen and oxygen atoms in total. The van der Waals surface area contributed by atoms with Gasteiger partial charge in [0.15, 0.2) is 0 Å². The number of rotatable bonds is 6. The molecule has 0 saturated carbocycles. The van der Waals surface area contributed by atoms with Gasteiger partial charge in [0.1, 0.15) is 11.6 Å². The van der Waals surface area contributed by atoms with Gasteiger partial charge in [0, 0.05) is 18.8 Å². The van der Waals surface area contributed by atoms with Crippen molar-refractivity contribution in [1.82, 2.24) is 15.0 Å². The lowest BCUT2D eigenvalue weighted by molar-refractivity contribution is 0.122. The summed E-state index contributed by atoms with van der Waals surface area (Å²) < 4.78 is 18.6. The van der Waals surface area contributed by atoms with Crippen LogP contribution in [0.1, 0.15) is 5.56 Å². The van der Waals surface area contributed by atoms with Gasteiger partial charge in [-0.15, -0.1) is 12.4 Å². The van der Waals surface area contributed by atoms with Gasteiger partial charge in [0.2, 0.25) is 17.8 Å². The topological polar surface area (TPSA) is 108 Å². The molecule has 4 rings (SSSR count). The van der Waals surface area contributed by atoms with Crippen LogP contribution in [0.4, 0.5) is 27.9 Å². The fourth-order valence-electron chi connectivity index (χ4n) is 2.76. The van der Waals surface area contributed by atoms with Crippen LogP contribution < -0.4 is 15.6 Å². The van der Waals surface area contributed by atoms with E-state index in [4.69, 9.17) is 4.74 Å². The second-order valence-corrected chi connectivity index (χ2v) is 6.48. The molecule has 2 heterocycles. The van der Waals surface area contributed by atoms with Crippen molar-refractivity contribution in [3.05, 3.63) is 59.9 Å². The number of hydrogen-bond donors (Lipinski definition) is 3. The Labute approximate surface area is 184 Å². The fraction of sp³-hybridized carbons (Fsp3) is 0.200. The third-order valence-corrected chi connectivity index (χ3v) is 4.29. The van der Waals surface area contributed by atoms with Gasteiger partial charge in [0.05, 0.1) is 19.4 Å². The molecule has 0 spiro atoms. The van der Waals surface area contributed by atoms with Gasteiger partial charge < -0.3 is 20.1 Å². The van der Waals surface area contributed by atoms with Crippen LogP contribution in [0.2, 0.25) is 0 Å². The predicted molar refractivity (Wildman–Crippen MR) is 119 cm³/mol. The minimum absolute atomic E-state index is 0. The lowest BCUT2D eigenvalue weighted by Crippen LogP contribution is -2.37. The number of phenolic OH excluding ortho intramolecular Hbond substituents is 1. The van der Waals surface area contributed by atoms with Gasteiger partial charge >= 0.3 is 0 Å². The summed E-state index contributed by atoms with van der Waals surface area (Å²) in [5.74, 6) is 0.909. The Bertz CT molecular complexity index is 1010. The van der Waals surface area contributed by atoms with Crippen LogP contribution >= 0.6 is 12.4 Å². The van der Waals surface area contributed by atoms with Crippen molar-refractivity contribution >= 4 is 42.2 Å². The average molecular weight is 446 g/mol. The molecule has 2 aromatic carbocycles. The molecule has 0 radical (unpaired) electrons. The molecule has 0 amide bonds. The molecule has 162 valence electrons. The Hall–Kier alpha value is -3.50. The first-order valence-corrected chi connectivity index (χ1v) is 9.35. The Balaban J connectivity index is 0.00000272. The molecule has 1 aliphatic heterocycles. The third-order valence-electron chi connectivity index (χ3n) is 4.29. The number of aromatic nitrogens is 3. The zero-order valence-corrected chi connectivity index (χ0v) is 17.2. The van der Waals surface area contributed by atoms with Crippen LogP contribution in [0, 0.1) is 5.82 Å². The highest BCUT2D eigenvalue weighted by atomic mass is 35.5. The van der Waals surface area contributed by atoms with Crippen LogP contribution in [0.3, 0.4) is 0 Å². The number of ether oxygens (including phenoxy) is 1. The van der Waals surface area contributed by atoms with Gasteiger partial charge in [-0.2, -0.15) is 20.1 Å². The van der Waals surface area contributed by atoms with E-state index < -0.39 is 0 Å². The summed E-state index contributed by atoms with van der Waals surface area (Å²) >= 11 is 0. The highest BCUT2D eigenvalue weighted by Crippen LogP contribution is 2.19. The first kappa shape index (κ1) is 22.2. The highest BCUT2D eigenvalue weighted by Gasteiger charge is 2.16. The first-order valence-electron chi connectivity index (χ1n) is 9.35. The molecule has 31 heavy (non-hydrogen) atoms. The summed E-state index contributed by atoms with van der Waals surface area (Å²) in [6.07, 6.45) is 1.59. The van der Waals surface area contributed by atoms with Gasteiger partial charge in [-0.1, -0.05) is 0 Å². The largest absolute Gasteiger partial charge is 0.508 e. The number of benzene rings is 2. The van der Waals surface area contributed by atoms with Crippen LogP contribution in [0.5, 0.6) is 5.75 Å². The molecular weight excluding hydrogens is 425 g/mol. The normalized spacial score (nSPS) is 13.6. The van der Waals surface area contributed by atoms with Gasteiger partial charge in [-0.05, 0) is 54.1 Å². The molecule has 0 aliphatic carbocycles. The number of hydrazone groups is 1. The molecule has 0 unspecified atom stereocenters. The molecule has 1 fully saturated rings. The maximum atomic E-state index is 13.2.